The smallest absolute Gasteiger partial charge is 0.224 e. The molecule has 1 rings (SSSR count). The minimum absolute atomic E-state index is 0.0722. The Kier molecular flexibility index (Phi) is 3.44. The van der Waals surface area contributed by atoms with Gasteiger partial charge >= 0.3 is 0 Å². The number of Topliss-reactive ketones (excluding diaryl/α,β-unsaturated/α-hetero) is 1. The average molecular weight is 207 g/mol. The Hall–Kier alpha value is -1.84. The fourth-order valence-corrected chi connectivity index (χ4v) is 1.15. The summed E-state index contributed by atoms with van der Waals surface area (Å²) < 4.78 is 0. The van der Waals surface area contributed by atoms with E-state index in [2.05, 4.69) is 5.32 Å². The Morgan fingerprint density at radius 2 is 2.07 bits per heavy atom. The van der Waals surface area contributed by atoms with Crippen molar-refractivity contribution in [1.82, 2.24) is 0 Å². The number of carbonyl (C=O) groups is 2. The van der Waals surface area contributed by atoms with Crippen molar-refractivity contribution in [2.45, 2.75) is 20.3 Å². The van der Waals surface area contributed by atoms with Gasteiger partial charge < -0.3 is 10.4 Å². The van der Waals surface area contributed by atoms with Crippen LogP contribution >= 0.6 is 0 Å². The molecule has 0 unspecified atom stereocenters. The molecule has 4 nitrogen and oxygen atoms in total. The highest BCUT2D eigenvalue weighted by atomic mass is 16.3. The maximum absolute atomic E-state index is 11.1. The Bertz CT molecular complexity index is 399. The van der Waals surface area contributed by atoms with Gasteiger partial charge in [-0.25, -0.2) is 0 Å². The van der Waals surface area contributed by atoms with Gasteiger partial charge in [-0.15, -0.1) is 0 Å². The molecule has 0 spiro atoms. The van der Waals surface area contributed by atoms with Crippen molar-refractivity contribution in [3.63, 3.8) is 0 Å². The predicted molar refractivity (Wildman–Crippen MR) is 57.0 cm³/mol. The van der Waals surface area contributed by atoms with E-state index in [1.165, 1.54) is 19.1 Å². The fourth-order valence-electron chi connectivity index (χ4n) is 1.15. The van der Waals surface area contributed by atoms with Crippen LogP contribution in [0.25, 0.3) is 0 Å². The Balaban J connectivity index is 2.97. The van der Waals surface area contributed by atoms with Crippen molar-refractivity contribution in [3.8, 4) is 5.75 Å². The summed E-state index contributed by atoms with van der Waals surface area (Å²) in [6, 6.07) is 4.41. The van der Waals surface area contributed by atoms with E-state index in [1.54, 1.807) is 13.0 Å². The maximum atomic E-state index is 11.1. The van der Waals surface area contributed by atoms with Crippen LogP contribution in [0.4, 0.5) is 5.69 Å². The Morgan fingerprint density at radius 3 is 2.60 bits per heavy atom. The number of hydrogen-bond acceptors (Lipinski definition) is 3. The molecule has 2 N–H and O–H groups in total. The number of phenols is 1. The molecular formula is C11H13NO3. The number of anilines is 1. The molecule has 0 radical (unpaired) electrons. The van der Waals surface area contributed by atoms with Crippen LogP contribution in [0.15, 0.2) is 18.2 Å². The minimum Gasteiger partial charge on any atom is -0.507 e. The van der Waals surface area contributed by atoms with Gasteiger partial charge in [0.15, 0.2) is 5.78 Å². The molecular weight excluding hydrogens is 194 g/mol. The summed E-state index contributed by atoms with van der Waals surface area (Å²) in [5.74, 6) is -0.438. The third-order valence-electron chi connectivity index (χ3n) is 1.98. The molecule has 0 aliphatic heterocycles. The lowest BCUT2D eigenvalue weighted by Crippen LogP contribution is -2.09. The van der Waals surface area contributed by atoms with Crippen LogP contribution in [0.2, 0.25) is 0 Å². The van der Waals surface area contributed by atoms with Gasteiger partial charge in [0.2, 0.25) is 5.91 Å². The number of aromatic hydroxyl groups is 1. The van der Waals surface area contributed by atoms with E-state index in [1.807, 2.05) is 0 Å². The third kappa shape index (κ3) is 2.80. The molecule has 1 aromatic rings. The molecule has 0 aliphatic rings. The van der Waals surface area contributed by atoms with Gasteiger partial charge in [-0.05, 0) is 25.1 Å². The lowest BCUT2D eigenvalue weighted by Gasteiger charge is -2.06. The highest BCUT2D eigenvalue weighted by Crippen LogP contribution is 2.21. The summed E-state index contributed by atoms with van der Waals surface area (Å²) in [4.78, 5) is 22.2. The molecule has 0 heterocycles. The van der Waals surface area contributed by atoms with E-state index in [0.717, 1.165) is 0 Å². The largest absolute Gasteiger partial charge is 0.507 e. The molecule has 1 amide bonds. The summed E-state index contributed by atoms with van der Waals surface area (Å²) in [5, 5.41) is 12.0. The zero-order chi connectivity index (χ0) is 11.4. The van der Waals surface area contributed by atoms with Crippen LogP contribution in [-0.2, 0) is 4.79 Å². The minimum atomic E-state index is -0.236. The molecule has 0 saturated heterocycles. The third-order valence-corrected chi connectivity index (χ3v) is 1.98. The van der Waals surface area contributed by atoms with Gasteiger partial charge in [-0.2, -0.15) is 0 Å². The highest BCUT2D eigenvalue weighted by molar-refractivity contribution is 5.99. The SMILES string of the molecule is CCC(=O)Nc1ccc(O)c(C(C)=O)c1. The second-order valence-electron chi connectivity index (χ2n) is 3.19. The number of rotatable bonds is 3. The fraction of sp³-hybridized carbons (Fsp3) is 0.273. The molecule has 0 fully saturated rings. The Morgan fingerprint density at radius 1 is 1.40 bits per heavy atom. The number of nitrogens with one attached hydrogen (secondary N) is 1. The number of carbonyl (C=O) groups excluding carboxylic acids is 2. The predicted octanol–water partition coefficient (Wildman–Crippen LogP) is 1.94. The zero-order valence-corrected chi connectivity index (χ0v) is 8.70. The Labute approximate surface area is 87.9 Å². The normalized spacial score (nSPS) is 9.73. The maximum Gasteiger partial charge on any atom is 0.224 e. The van der Waals surface area contributed by atoms with E-state index in [4.69, 9.17) is 0 Å². The van der Waals surface area contributed by atoms with Gasteiger partial charge in [-0.3, -0.25) is 9.59 Å². The molecule has 0 atom stereocenters. The molecule has 15 heavy (non-hydrogen) atoms. The van der Waals surface area contributed by atoms with Gasteiger partial charge in [0, 0.05) is 12.1 Å². The first kappa shape index (κ1) is 11.2. The second-order valence-corrected chi connectivity index (χ2v) is 3.19. The van der Waals surface area contributed by atoms with Gasteiger partial charge in [0.25, 0.3) is 0 Å². The van der Waals surface area contributed by atoms with Crippen LogP contribution < -0.4 is 5.32 Å². The molecule has 80 valence electrons. The summed E-state index contributed by atoms with van der Waals surface area (Å²) in [5.41, 5.74) is 0.730. The van der Waals surface area contributed by atoms with Crippen molar-refractivity contribution < 1.29 is 14.7 Å². The number of benzene rings is 1. The molecule has 4 heteroatoms. The molecule has 0 bridgehead atoms. The zero-order valence-electron chi connectivity index (χ0n) is 8.70. The van der Waals surface area contributed by atoms with E-state index < -0.39 is 0 Å². The first-order valence-electron chi connectivity index (χ1n) is 4.68. The van der Waals surface area contributed by atoms with Crippen LogP contribution in [0.5, 0.6) is 5.75 Å². The van der Waals surface area contributed by atoms with Crippen LogP contribution in [0.1, 0.15) is 30.6 Å². The second kappa shape index (κ2) is 4.59. The van der Waals surface area contributed by atoms with Crippen LogP contribution in [0, 0.1) is 0 Å². The molecule has 0 aromatic heterocycles. The number of amides is 1. The van der Waals surface area contributed by atoms with Crippen LogP contribution in [0.3, 0.4) is 0 Å². The summed E-state index contributed by atoms with van der Waals surface area (Å²) in [7, 11) is 0. The van der Waals surface area contributed by atoms with Gasteiger partial charge in [0.05, 0.1) is 5.56 Å². The first-order chi connectivity index (χ1) is 7.04. The number of ketones is 1. The summed E-state index contributed by atoms with van der Waals surface area (Å²) in [6.07, 6.45) is 0.371. The monoisotopic (exact) mass is 207 g/mol. The number of hydrogen-bond donors (Lipinski definition) is 2. The summed E-state index contributed by atoms with van der Waals surface area (Å²) >= 11 is 0. The lowest BCUT2D eigenvalue weighted by atomic mass is 10.1. The van der Waals surface area contributed by atoms with Crippen molar-refractivity contribution in [3.05, 3.63) is 23.8 Å². The lowest BCUT2D eigenvalue weighted by molar-refractivity contribution is -0.115. The van der Waals surface area contributed by atoms with Crippen molar-refractivity contribution in [2.75, 3.05) is 5.32 Å². The van der Waals surface area contributed by atoms with E-state index in [0.29, 0.717) is 12.1 Å². The van der Waals surface area contributed by atoms with Gasteiger partial charge in [-0.1, -0.05) is 6.92 Å². The van der Waals surface area contributed by atoms with E-state index >= 15 is 0 Å². The van der Waals surface area contributed by atoms with Crippen molar-refractivity contribution >= 4 is 17.4 Å². The topological polar surface area (TPSA) is 66.4 Å². The van der Waals surface area contributed by atoms with Crippen molar-refractivity contribution in [2.24, 2.45) is 0 Å². The number of phenolic OH excluding ortho intramolecular Hbond substituents is 1. The molecule has 0 saturated carbocycles. The highest BCUT2D eigenvalue weighted by Gasteiger charge is 2.08. The molecule has 0 aliphatic carbocycles. The van der Waals surface area contributed by atoms with E-state index in [9.17, 15) is 14.7 Å². The standard InChI is InChI=1S/C11H13NO3/c1-3-11(15)12-8-4-5-10(14)9(6-8)7(2)13/h4-6,14H,3H2,1-2H3,(H,12,15). The van der Waals surface area contributed by atoms with Gasteiger partial charge in [0.1, 0.15) is 5.75 Å². The molecule has 1 aromatic carbocycles. The van der Waals surface area contributed by atoms with Crippen molar-refractivity contribution in [1.29, 1.82) is 0 Å². The first-order valence-corrected chi connectivity index (χ1v) is 4.68. The van der Waals surface area contributed by atoms with Crippen LogP contribution in [-0.4, -0.2) is 16.8 Å². The quantitative estimate of drug-likeness (QED) is 0.588. The average Bonchev–Trinajstić information content (AvgIpc) is 2.20. The van der Waals surface area contributed by atoms with E-state index in [-0.39, 0.29) is 23.0 Å². The summed E-state index contributed by atoms with van der Waals surface area (Å²) in [6.45, 7) is 3.10.